The highest BCUT2D eigenvalue weighted by Gasteiger charge is 2.15. The van der Waals surface area contributed by atoms with E-state index in [9.17, 15) is 9.59 Å². The van der Waals surface area contributed by atoms with Crippen molar-refractivity contribution in [1.82, 2.24) is 0 Å². The summed E-state index contributed by atoms with van der Waals surface area (Å²) >= 11 is 0. The Morgan fingerprint density at radius 3 is 1.20 bits per heavy atom. The molecule has 0 aliphatic carbocycles. The smallest absolute Gasteiger partial charge is 0.222 e. The number of hydrogen-bond acceptors (Lipinski definition) is 10. The minimum Gasteiger partial charge on any atom is -0.222 e. The normalized spacial score (nSPS) is 8.15. The Bertz CT molecular complexity index is 1390. The van der Waals surface area contributed by atoms with E-state index in [2.05, 4.69) is 101 Å². The zero-order chi connectivity index (χ0) is 30.7. The summed E-state index contributed by atoms with van der Waals surface area (Å²) in [5, 5.41) is 16.2. The second-order valence-corrected chi connectivity index (χ2v) is 7.35. The Kier molecular flexibility index (Phi) is 19.5. The van der Waals surface area contributed by atoms with Gasteiger partial charge in [0.1, 0.15) is 0 Å². The lowest BCUT2D eigenvalue weighted by Crippen LogP contribution is -2.02. The van der Waals surface area contributed by atoms with Crippen LogP contribution in [0.15, 0.2) is 119 Å². The molecule has 0 amide bonds. The van der Waals surface area contributed by atoms with Crippen LogP contribution < -0.4 is 0 Å². The summed E-state index contributed by atoms with van der Waals surface area (Å²) < 4.78 is 0. The number of hydrogen-bond donors (Lipinski definition) is 3. The molecule has 3 N–H and O–H groups in total. The van der Waals surface area contributed by atoms with Gasteiger partial charge >= 0.3 is 0 Å². The number of benzene rings is 4. The highest BCUT2D eigenvalue weighted by atomic mass is 16.1. The monoisotopic (exact) mass is 547 g/mol. The second kappa shape index (κ2) is 22.9. The number of carbonyl (C=O) groups excluding carboxylic acids is 5. The van der Waals surface area contributed by atoms with Gasteiger partial charge in [-0.3, -0.25) is 0 Å². The van der Waals surface area contributed by atoms with Crippen LogP contribution in [0.3, 0.4) is 0 Å². The summed E-state index contributed by atoms with van der Waals surface area (Å²) in [4.78, 5) is 51.8. The van der Waals surface area contributed by atoms with Crippen molar-refractivity contribution in [2.45, 2.75) is 12.8 Å². The summed E-state index contributed by atoms with van der Waals surface area (Å²) in [7, 11) is 0. The Morgan fingerprint density at radius 1 is 0.537 bits per heavy atom. The van der Waals surface area contributed by atoms with Crippen molar-refractivity contribution in [3.63, 3.8) is 0 Å². The van der Waals surface area contributed by atoms with Gasteiger partial charge in [0.25, 0.3) is 0 Å². The number of nitrogens with one attached hydrogen (secondary N) is 3. The first kappa shape index (κ1) is 34.8. The van der Waals surface area contributed by atoms with Crippen molar-refractivity contribution in [3.8, 4) is 0 Å². The molecule has 4 aromatic rings. The van der Waals surface area contributed by atoms with Gasteiger partial charge in [0, 0.05) is 5.92 Å². The molecule has 10 heteroatoms. The molecule has 10 nitrogen and oxygen atoms in total. The first-order chi connectivity index (χ1) is 20.0. The first-order valence-corrected chi connectivity index (χ1v) is 11.5. The quantitative estimate of drug-likeness (QED) is 0.146. The van der Waals surface area contributed by atoms with Gasteiger partial charge in [0.2, 0.25) is 30.4 Å². The van der Waals surface area contributed by atoms with E-state index < -0.39 is 0 Å². The highest BCUT2D eigenvalue weighted by molar-refractivity contribution is 5.61. The summed E-state index contributed by atoms with van der Waals surface area (Å²) in [5.74, 6) is 0.309. The molecule has 0 fully saturated rings. The van der Waals surface area contributed by atoms with Gasteiger partial charge < -0.3 is 0 Å². The number of aliphatic imine (C=N–C) groups is 2. The van der Waals surface area contributed by atoms with Crippen LogP contribution >= 0.6 is 0 Å². The standard InChI is InChI=1S/C19H16.C9H6N2O2.3CHNO/c1-4-10-16(11-5-1)19(17-12-6-2-7-13-17)18-14-8-3-9-15-18;1-7-2-3-8(10-5-12)4-9(7)11-6-13;3*2-1-3/h1-15,19H;2-4H,1H3;3*2H. The average Bonchev–Trinajstić information content (AvgIpc) is 2.99. The van der Waals surface area contributed by atoms with E-state index in [1.165, 1.54) is 34.9 Å². The molecule has 204 valence electrons. The lowest BCUT2D eigenvalue weighted by molar-refractivity contribution is 0.562. The largest absolute Gasteiger partial charge is 0.240 e. The van der Waals surface area contributed by atoms with Gasteiger partial charge in [-0.25, -0.2) is 40.2 Å². The molecule has 0 atom stereocenters. The summed E-state index contributed by atoms with van der Waals surface area (Å²) in [6.45, 7) is 1.80. The maximum atomic E-state index is 10.00. The predicted molar refractivity (Wildman–Crippen MR) is 152 cm³/mol. The maximum absolute atomic E-state index is 10.00. The van der Waals surface area contributed by atoms with Crippen molar-refractivity contribution in [2.24, 2.45) is 9.98 Å². The molecule has 41 heavy (non-hydrogen) atoms. The summed E-state index contributed by atoms with van der Waals surface area (Å²) in [6, 6.07) is 36.9. The zero-order valence-electron chi connectivity index (χ0n) is 21.9. The molecule has 0 heterocycles. The lowest BCUT2D eigenvalue weighted by atomic mass is 9.85. The Morgan fingerprint density at radius 2 is 0.878 bits per heavy atom. The molecular weight excluding hydrogens is 522 g/mol. The summed E-state index contributed by atoms with van der Waals surface area (Å²) in [5.41, 5.74) is 5.72. The third-order valence-corrected chi connectivity index (χ3v) is 4.93. The predicted octanol–water partition coefficient (Wildman–Crippen LogP) is 6.50. The molecule has 0 bridgehead atoms. The molecule has 4 rings (SSSR count). The fourth-order valence-corrected chi connectivity index (χ4v) is 3.40. The van der Waals surface area contributed by atoms with Crippen molar-refractivity contribution < 1.29 is 24.0 Å². The molecule has 0 spiro atoms. The number of isocyanates is 5. The van der Waals surface area contributed by atoms with Crippen LogP contribution in [0.5, 0.6) is 0 Å². The van der Waals surface area contributed by atoms with Gasteiger partial charge in [-0.2, -0.15) is 9.98 Å². The molecule has 0 aromatic heterocycles. The molecular formula is C31H25N5O5. The fraction of sp³-hybridized carbons (Fsp3) is 0.0645. The van der Waals surface area contributed by atoms with E-state index >= 15 is 0 Å². The molecule has 0 saturated carbocycles. The molecule has 4 aromatic carbocycles. The van der Waals surface area contributed by atoms with Crippen molar-refractivity contribution in [3.05, 3.63) is 131 Å². The van der Waals surface area contributed by atoms with Crippen molar-refractivity contribution >= 4 is 41.8 Å². The topological polar surface area (TPSA) is 182 Å². The molecule has 0 aliphatic rings. The van der Waals surface area contributed by atoms with E-state index in [-0.39, 0.29) is 0 Å². The number of aryl methyl sites for hydroxylation is 1. The average molecular weight is 548 g/mol. The van der Waals surface area contributed by atoms with Gasteiger partial charge in [0.05, 0.1) is 11.4 Å². The maximum Gasteiger partial charge on any atom is 0.240 e. The second-order valence-electron chi connectivity index (χ2n) is 7.35. The molecule has 0 saturated heterocycles. The van der Waals surface area contributed by atoms with Crippen LogP contribution in [0.1, 0.15) is 28.2 Å². The van der Waals surface area contributed by atoms with E-state index in [0.717, 1.165) is 23.8 Å². The Balaban J connectivity index is 0.000000631. The third-order valence-electron chi connectivity index (χ3n) is 4.93. The summed E-state index contributed by atoms with van der Waals surface area (Å²) in [6.07, 6.45) is 5.09. The third kappa shape index (κ3) is 14.3. The molecule has 0 aliphatic heterocycles. The van der Waals surface area contributed by atoms with Crippen LogP contribution in [0.4, 0.5) is 11.4 Å². The first-order valence-electron chi connectivity index (χ1n) is 11.5. The van der Waals surface area contributed by atoms with E-state index in [4.69, 9.17) is 30.6 Å². The number of nitrogens with zero attached hydrogens (tertiary/aromatic N) is 2. The minimum absolute atomic E-state index is 0.309. The zero-order valence-corrected chi connectivity index (χ0v) is 21.9. The van der Waals surface area contributed by atoms with Gasteiger partial charge in [0.15, 0.2) is 0 Å². The van der Waals surface area contributed by atoms with Crippen LogP contribution in [-0.4, -0.2) is 30.4 Å². The highest BCUT2D eigenvalue weighted by Crippen LogP contribution is 2.31. The van der Waals surface area contributed by atoms with Crippen LogP contribution in [-0.2, 0) is 24.0 Å². The van der Waals surface area contributed by atoms with Gasteiger partial charge in [-0.05, 0) is 41.3 Å². The van der Waals surface area contributed by atoms with E-state index in [1.807, 2.05) is 0 Å². The Labute approximate surface area is 236 Å². The van der Waals surface area contributed by atoms with E-state index in [1.54, 1.807) is 19.1 Å². The lowest BCUT2D eigenvalue weighted by Gasteiger charge is -2.18. The number of rotatable bonds is 5. The Hall–Kier alpha value is -6.22. The van der Waals surface area contributed by atoms with Crippen molar-refractivity contribution in [2.75, 3.05) is 0 Å². The molecule has 0 radical (unpaired) electrons. The van der Waals surface area contributed by atoms with Crippen LogP contribution in [0.2, 0.25) is 0 Å². The van der Waals surface area contributed by atoms with Gasteiger partial charge in [-0.15, -0.1) is 0 Å². The van der Waals surface area contributed by atoms with Crippen LogP contribution in [0, 0.1) is 23.2 Å². The van der Waals surface area contributed by atoms with Crippen LogP contribution in [0.25, 0.3) is 0 Å². The minimum atomic E-state index is 0.309. The van der Waals surface area contributed by atoms with Crippen molar-refractivity contribution in [1.29, 1.82) is 16.2 Å². The fourth-order valence-electron chi connectivity index (χ4n) is 3.40. The SMILES string of the molecule is Cc1ccc(N=C=O)cc1N=C=O.N=C=O.N=C=O.N=C=O.c1ccc(C(c2ccccc2)c2ccccc2)cc1. The van der Waals surface area contributed by atoms with Gasteiger partial charge in [-0.1, -0.05) is 97.1 Å². The molecule has 0 unspecified atom stereocenters. The van der Waals surface area contributed by atoms with E-state index in [0.29, 0.717) is 17.3 Å².